The number of carbonyl (C=O) groups is 1. The fourth-order valence-electron chi connectivity index (χ4n) is 2.75. The molecule has 1 amide bonds. The number of hydrogen-bond acceptors (Lipinski definition) is 3. The van der Waals surface area contributed by atoms with E-state index in [9.17, 15) is 4.79 Å². The van der Waals surface area contributed by atoms with E-state index >= 15 is 0 Å². The Labute approximate surface area is 123 Å². The molecule has 1 aromatic rings. The summed E-state index contributed by atoms with van der Waals surface area (Å²) >= 11 is 7.19. The summed E-state index contributed by atoms with van der Waals surface area (Å²) in [6.45, 7) is 9.80. The first kappa shape index (κ1) is 14.8. The third-order valence-electron chi connectivity index (χ3n) is 4.87. The smallest absolute Gasteiger partial charge is 0.226 e. The van der Waals surface area contributed by atoms with Gasteiger partial charge >= 0.3 is 0 Å². The molecule has 1 aromatic heterocycles. The quantitative estimate of drug-likeness (QED) is 0.848. The molecule has 0 spiro atoms. The standard InChI is InChI=1S/C14H21ClN2OS/c1-13(2)10(14(13,3)4)7-16-11(18)5-12-17-9(6-15)8-19-12/h8,10H,5-7H2,1-4H3,(H,16,18). The first-order valence-corrected chi connectivity index (χ1v) is 7.96. The highest BCUT2D eigenvalue weighted by Gasteiger charge is 2.64. The second-order valence-corrected chi connectivity index (χ2v) is 7.55. The molecule has 1 saturated carbocycles. The van der Waals surface area contributed by atoms with Gasteiger partial charge in [-0.3, -0.25) is 4.79 Å². The lowest BCUT2D eigenvalue weighted by atomic mass is 10.0. The van der Waals surface area contributed by atoms with Gasteiger partial charge in [-0.05, 0) is 16.7 Å². The maximum Gasteiger partial charge on any atom is 0.226 e. The lowest BCUT2D eigenvalue weighted by molar-refractivity contribution is -0.120. The second-order valence-electron chi connectivity index (χ2n) is 6.34. The van der Waals surface area contributed by atoms with Crippen LogP contribution in [-0.4, -0.2) is 17.4 Å². The minimum absolute atomic E-state index is 0.0500. The van der Waals surface area contributed by atoms with Gasteiger partial charge < -0.3 is 5.32 Å². The minimum Gasteiger partial charge on any atom is -0.355 e. The summed E-state index contributed by atoms with van der Waals surface area (Å²) in [6, 6.07) is 0. The Morgan fingerprint density at radius 3 is 2.53 bits per heavy atom. The Kier molecular flexibility index (Phi) is 3.94. The van der Waals surface area contributed by atoms with E-state index in [1.807, 2.05) is 5.38 Å². The van der Waals surface area contributed by atoms with Crippen molar-refractivity contribution in [1.82, 2.24) is 10.3 Å². The Morgan fingerprint density at radius 2 is 2.05 bits per heavy atom. The monoisotopic (exact) mass is 300 g/mol. The third kappa shape index (κ3) is 2.79. The largest absolute Gasteiger partial charge is 0.355 e. The van der Waals surface area contributed by atoms with Crippen LogP contribution >= 0.6 is 22.9 Å². The molecule has 1 N–H and O–H groups in total. The van der Waals surface area contributed by atoms with Gasteiger partial charge in [0.2, 0.25) is 5.91 Å². The van der Waals surface area contributed by atoms with Gasteiger partial charge in [0.25, 0.3) is 0 Å². The van der Waals surface area contributed by atoms with Crippen molar-refractivity contribution in [3.05, 3.63) is 16.1 Å². The molecule has 0 bridgehead atoms. The summed E-state index contributed by atoms with van der Waals surface area (Å²) in [5.41, 5.74) is 1.47. The summed E-state index contributed by atoms with van der Waals surface area (Å²) in [5.74, 6) is 1.01. The van der Waals surface area contributed by atoms with Crippen molar-refractivity contribution in [3.8, 4) is 0 Å². The first-order chi connectivity index (χ1) is 8.79. The Bertz CT molecular complexity index is 468. The maximum atomic E-state index is 11.9. The average molecular weight is 301 g/mol. The summed E-state index contributed by atoms with van der Waals surface area (Å²) in [6.07, 6.45) is 0.356. The molecular weight excluding hydrogens is 280 g/mol. The molecule has 3 nitrogen and oxygen atoms in total. The lowest BCUT2D eigenvalue weighted by Crippen LogP contribution is -2.28. The van der Waals surface area contributed by atoms with Crippen LogP contribution in [0.5, 0.6) is 0 Å². The van der Waals surface area contributed by atoms with Crippen LogP contribution in [0.1, 0.15) is 38.4 Å². The predicted molar refractivity (Wildman–Crippen MR) is 79.4 cm³/mol. The van der Waals surface area contributed by atoms with E-state index in [0.717, 1.165) is 17.2 Å². The molecule has 0 saturated heterocycles. The van der Waals surface area contributed by atoms with Crippen molar-refractivity contribution in [2.75, 3.05) is 6.54 Å². The number of amides is 1. The normalized spacial score (nSPS) is 20.3. The fourth-order valence-corrected chi connectivity index (χ4v) is 3.77. The lowest BCUT2D eigenvalue weighted by Gasteiger charge is -2.05. The van der Waals surface area contributed by atoms with E-state index in [0.29, 0.717) is 29.0 Å². The Morgan fingerprint density at radius 1 is 1.42 bits per heavy atom. The molecular formula is C14H21ClN2OS. The van der Waals surface area contributed by atoms with E-state index in [-0.39, 0.29) is 5.91 Å². The van der Waals surface area contributed by atoms with Gasteiger partial charge in [-0.15, -0.1) is 22.9 Å². The zero-order chi connectivity index (χ0) is 14.3. The average Bonchev–Trinajstić information content (AvgIpc) is 2.70. The van der Waals surface area contributed by atoms with Crippen LogP contribution in [0, 0.1) is 16.7 Å². The van der Waals surface area contributed by atoms with E-state index in [1.54, 1.807) is 0 Å². The van der Waals surface area contributed by atoms with Gasteiger partial charge in [0.1, 0.15) is 5.01 Å². The minimum atomic E-state index is 0.0500. The number of aromatic nitrogens is 1. The number of hydrogen-bond donors (Lipinski definition) is 1. The second kappa shape index (κ2) is 5.06. The molecule has 0 radical (unpaired) electrons. The van der Waals surface area contributed by atoms with Crippen LogP contribution in [0.3, 0.4) is 0 Å². The number of carbonyl (C=O) groups excluding carboxylic acids is 1. The molecule has 1 aliphatic carbocycles. The van der Waals surface area contributed by atoms with Gasteiger partial charge in [-0.25, -0.2) is 4.98 Å². The van der Waals surface area contributed by atoms with Crippen molar-refractivity contribution in [3.63, 3.8) is 0 Å². The Hall–Kier alpha value is -0.610. The van der Waals surface area contributed by atoms with Gasteiger partial charge in [0, 0.05) is 11.9 Å². The van der Waals surface area contributed by atoms with Gasteiger partial charge in [-0.1, -0.05) is 27.7 Å². The molecule has 1 aliphatic rings. The van der Waals surface area contributed by atoms with Gasteiger partial charge in [0.05, 0.1) is 18.0 Å². The Balaban J connectivity index is 1.80. The third-order valence-corrected chi connectivity index (χ3v) is 6.04. The summed E-state index contributed by atoms with van der Waals surface area (Å²) < 4.78 is 0. The van der Waals surface area contributed by atoms with Crippen molar-refractivity contribution in [2.45, 2.75) is 40.0 Å². The number of alkyl halides is 1. The molecule has 2 rings (SSSR count). The summed E-state index contributed by atoms with van der Waals surface area (Å²) in [4.78, 5) is 16.2. The van der Waals surface area contributed by atoms with E-state index in [4.69, 9.17) is 11.6 Å². The van der Waals surface area contributed by atoms with Crippen molar-refractivity contribution >= 4 is 28.8 Å². The van der Waals surface area contributed by atoms with Crippen LogP contribution in [0.25, 0.3) is 0 Å². The number of nitrogens with one attached hydrogen (secondary N) is 1. The maximum absolute atomic E-state index is 11.9. The van der Waals surface area contributed by atoms with Gasteiger partial charge in [0.15, 0.2) is 0 Å². The number of thiazole rings is 1. The first-order valence-electron chi connectivity index (χ1n) is 6.55. The predicted octanol–water partition coefficient (Wildman–Crippen LogP) is 3.22. The molecule has 0 aromatic carbocycles. The highest BCUT2D eigenvalue weighted by atomic mass is 35.5. The van der Waals surface area contributed by atoms with Crippen LogP contribution in [0.4, 0.5) is 0 Å². The molecule has 1 fully saturated rings. The van der Waals surface area contributed by atoms with Crippen molar-refractivity contribution < 1.29 is 4.79 Å². The van der Waals surface area contributed by atoms with Crippen LogP contribution in [0.15, 0.2) is 5.38 Å². The molecule has 1 heterocycles. The zero-order valence-electron chi connectivity index (χ0n) is 11.9. The SMILES string of the molecule is CC1(C)C(CNC(=O)Cc2nc(CCl)cs2)C1(C)C. The highest BCUT2D eigenvalue weighted by molar-refractivity contribution is 7.09. The molecule has 0 unspecified atom stereocenters. The summed E-state index contributed by atoms with van der Waals surface area (Å²) in [7, 11) is 0. The molecule has 0 atom stereocenters. The van der Waals surface area contributed by atoms with Crippen LogP contribution < -0.4 is 5.32 Å². The summed E-state index contributed by atoms with van der Waals surface area (Å²) in [5, 5.41) is 5.77. The molecule has 19 heavy (non-hydrogen) atoms. The topological polar surface area (TPSA) is 42.0 Å². The zero-order valence-corrected chi connectivity index (χ0v) is 13.5. The number of rotatable bonds is 5. The highest BCUT2D eigenvalue weighted by Crippen LogP contribution is 2.67. The van der Waals surface area contributed by atoms with E-state index < -0.39 is 0 Å². The number of nitrogens with zero attached hydrogens (tertiary/aromatic N) is 1. The van der Waals surface area contributed by atoms with Crippen LogP contribution in [-0.2, 0) is 17.1 Å². The van der Waals surface area contributed by atoms with Crippen LogP contribution in [0.2, 0.25) is 0 Å². The molecule has 5 heteroatoms. The number of halogens is 1. The van der Waals surface area contributed by atoms with E-state index in [1.165, 1.54) is 11.3 Å². The van der Waals surface area contributed by atoms with Crippen molar-refractivity contribution in [2.24, 2.45) is 16.7 Å². The molecule has 0 aliphatic heterocycles. The van der Waals surface area contributed by atoms with Crippen molar-refractivity contribution in [1.29, 1.82) is 0 Å². The van der Waals surface area contributed by atoms with E-state index in [2.05, 4.69) is 38.0 Å². The fraction of sp³-hybridized carbons (Fsp3) is 0.714. The van der Waals surface area contributed by atoms with Gasteiger partial charge in [-0.2, -0.15) is 0 Å². The molecule has 106 valence electrons.